The molecule has 0 amide bonds. The second kappa shape index (κ2) is 5.17. The summed E-state index contributed by atoms with van der Waals surface area (Å²) >= 11 is 0. The molecule has 1 saturated carbocycles. The number of nitriles is 1. The number of hydrogen-bond donors (Lipinski definition) is 1. The Kier molecular flexibility index (Phi) is 3.21. The summed E-state index contributed by atoms with van der Waals surface area (Å²) in [5.41, 5.74) is 1.09. The summed E-state index contributed by atoms with van der Waals surface area (Å²) in [5.74, 6) is 0.503. The molecule has 0 spiro atoms. The van der Waals surface area contributed by atoms with Crippen molar-refractivity contribution in [2.75, 3.05) is 5.32 Å². The molecule has 1 N–H and O–H groups in total. The van der Waals surface area contributed by atoms with Crippen LogP contribution in [0.2, 0.25) is 0 Å². The van der Waals surface area contributed by atoms with E-state index in [0.717, 1.165) is 18.4 Å². The Hall–Kier alpha value is -2.61. The molecule has 20 heavy (non-hydrogen) atoms. The van der Waals surface area contributed by atoms with Crippen LogP contribution in [0.15, 0.2) is 28.7 Å². The van der Waals surface area contributed by atoms with Crippen molar-refractivity contribution in [1.29, 1.82) is 5.26 Å². The highest BCUT2D eigenvalue weighted by Crippen LogP contribution is 2.27. The second-order valence-corrected chi connectivity index (χ2v) is 4.65. The van der Waals surface area contributed by atoms with Gasteiger partial charge in [-0.1, -0.05) is 12.1 Å². The molecule has 1 aliphatic rings. The molecule has 100 valence electrons. The smallest absolute Gasteiger partial charge is 0.232 e. The summed E-state index contributed by atoms with van der Waals surface area (Å²) in [6.45, 7) is 0. The van der Waals surface area contributed by atoms with Gasteiger partial charge in [0.2, 0.25) is 17.5 Å². The lowest BCUT2D eigenvalue weighted by atomic mass is 10.2. The van der Waals surface area contributed by atoms with Crippen LogP contribution in [0.1, 0.15) is 30.0 Å². The van der Waals surface area contributed by atoms with Gasteiger partial charge in [-0.15, -0.1) is 0 Å². The molecule has 0 atom stereocenters. The number of anilines is 1. The van der Waals surface area contributed by atoms with E-state index in [4.69, 9.17) is 9.68 Å². The number of nitrogens with one attached hydrogen (secondary N) is 1. The van der Waals surface area contributed by atoms with E-state index in [-0.39, 0.29) is 11.5 Å². The molecular weight excluding hydrogens is 257 g/mol. The van der Waals surface area contributed by atoms with Gasteiger partial charge < -0.3 is 9.73 Å². The maximum atomic E-state index is 12.8. The predicted octanol–water partition coefficient (Wildman–Crippen LogP) is 3.43. The molecule has 0 radical (unpaired) electrons. The third kappa shape index (κ3) is 2.86. The minimum Gasteiger partial charge on any atom is -0.420 e. The van der Waals surface area contributed by atoms with Gasteiger partial charge in [-0.05, 0) is 36.6 Å². The summed E-state index contributed by atoms with van der Waals surface area (Å²) in [6.07, 6.45) is 5.60. The maximum absolute atomic E-state index is 12.8. The topological polar surface area (TPSA) is 61.9 Å². The number of rotatable bonds is 4. The number of benzene rings is 1. The first-order chi connectivity index (χ1) is 9.74. The lowest BCUT2D eigenvalue weighted by Crippen LogP contribution is -2.00. The van der Waals surface area contributed by atoms with E-state index in [9.17, 15) is 4.39 Å². The minimum atomic E-state index is -0.277. The molecule has 1 aliphatic carbocycles. The molecule has 2 aromatic rings. The van der Waals surface area contributed by atoms with Gasteiger partial charge in [0.15, 0.2) is 0 Å². The summed E-state index contributed by atoms with van der Waals surface area (Å²) < 4.78 is 18.3. The van der Waals surface area contributed by atoms with E-state index in [1.54, 1.807) is 24.3 Å². The van der Waals surface area contributed by atoms with Crippen LogP contribution < -0.4 is 5.32 Å². The molecule has 1 fully saturated rings. The number of oxazole rings is 1. The molecule has 0 bridgehead atoms. The van der Waals surface area contributed by atoms with Gasteiger partial charge in [0, 0.05) is 12.1 Å². The quantitative estimate of drug-likeness (QED) is 0.923. The van der Waals surface area contributed by atoms with Gasteiger partial charge in [-0.25, -0.2) is 4.39 Å². The first kappa shape index (κ1) is 12.4. The molecule has 0 aliphatic heterocycles. The lowest BCUT2D eigenvalue weighted by molar-refractivity contribution is 0.557. The Morgan fingerprint density at radius 2 is 2.05 bits per heavy atom. The monoisotopic (exact) mass is 269 g/mol. The summed E-state index contributed by atoms with van der Waals surface area (Å²) in [4.78, 5) is 4.09. The minimum absolute atomic E-state index is 0.260. The van der Waals surface area contributed by atoms with Crippen molar-refractivity contribution in [3.05, 3.63) is 47.2 Å². The van der Waals surface area contributed by atoms with E-state index in [1.807, 2.05) is 6.07 Å². The van der Waals surface area contributed by atoms with Crippen molar-refractivity contribution in [2.24, 2.45) is 0 Å². The highest BCUT2D eigenvalue weighted by Gasteiger charge is 2.24. The first-order valence-corrected chi connectivity index (χ1v) is 6.36. The van der Waals surface area contributed by atoms with Gasteiger partial charge in [0.25, 0.3) is 0 Å². The van der Waals surface area contributed by atoms with Crippen LogP contribution >= 0.6 is 0 Å². The number of aromatic nitrogens is 1. The van der Waals surface area contributed by atoms with Crippen LogP contribution in [-0.4, -0.2) is 11.0 Å². The first-order valence-electron chi connectivity index (χ1n) is 6.36. The standard InChI is InChI=1S/C15H12FN3O/c16-11-4-1-10(2-5-11)3-8-14-19-13(9-17)15(20-14)18-12-6-7-12/h1-5,8,12,18H,6-7H2/b8-3+. The van der Waals surface area contributed by atoms with E-state index < -0.39 is 0 Å². The number of hydrogen-bond acceptors (Lipinski definition) is 4. The van der Waals surface area contributed by atoms with Crippen molar-refractivity contribution in [2.45, 2.75) is 18.9 Å². The molecule has 1 aromatic heterocycles. The van der Waals surface area contributed by atoms with Crippen LogP contribution in [0, 0.1) is 17.1 Å². The van der Waals surface area contributed by atoms with Crippen molar-refractivity contribution in [1.82, 2.24) is 4.98 Å². The molecule has 3 rings (SSSR count). The summed E-state index contributed by atoms with van der Waals surface area (Å²) in [5, 5.41) is 12.1. The van der Waals surface area contributed by atoms with Crippen molar-refractivity contribution < 1.29 is 8.81 Å². The fraction of sp³-hybridized carbons (Fsp3) is 0.200. The lowest BCUT2D eigenvalue weighted by Gasteiger charge is -1.96. The zero-order chi connectivity index (χ0) is 13.9. The van der Waals surface area contributed by atoms with Crippen LogP contribution in [0.3, 0.4) is 0 Å². The van der Waals surface area contributed by atoms with Gasteiger partial charge in [-0.2, -0.15) is 10.2 Å². The van der Waals surface area contributed by atoms with Crippen LogP contribution in [0.25, 0.3) is 12.2 Å². The van der Waals surface area contributed by atoms with Crippen LogP contribution in [0.5, 0.6) is 0 Å². The summed E-state index contributed by atoms with van der Waals surface area (Å²) in [6, 6.07) is 8.48. The molecule has 1 aromatic carbocycles. The Morgan fingerprint density at radius 1 is 1.30 bits per heavy atom. The zero-order valence-electron chi connectivity index (χ0n) is 10.6. The van der Waals surface area contributed by atoms with Crippen molar-refractivity contribution in [3.8, 4) is 6.07 Å². The zero-order valence-corrected chi connectivity index (χ0v) is 10.6. The van der Waals surface area contributed by atoms with E-state index in [0.29, 0.717) is 17.8 Å². The van der Waals surface area contributed by atoms with Gasteiger partial charge >= 0.3 is 0 Å². The van der Waals surface area contributed by atoms with Gasteiger partial charge in [0.05, 0.1) is 0 Å². The highest BCUT2D eigenvalue weighted by atomic mass is 19.1. The Balaban J connectivity index is 1.78. The Labute approximate surface area is 115 Å². The molecule has 0 saturated heterocycles. The predicted molar refractivity (Wildman–Crippen MR) is 73.2 cm³/mol. The average molecular weight is 269 g/mol. The van der Waals surface area contributed by atoms with E-state index in [1.165, 1.54) is 12.1 Å². The Bertz CT molecular complexity index is 678. The van der Waals surface area contributed by atoms with E-state index in [2.05, 4.69) is 10.3 Å². The molecule has 5 heteroatoms. The van der Waals surface area contributed by atoms with Gasteiger partial charge in [-0.3, -0.25) is 0 Å². The van der Waals surface area contributed by atoms with Gasteiger partial charge in [0.1, 0.15) is 11.9 Å². The van der Waals surface area contributed by atoms with Crippen molar-refractivity contribution >= 4 is 18.0 Å². The van der Waals surface area contributed by atoms with E-state index >= 15 is 0 Å². The number of nitrogens with zero attached hydrogens (tertiary/aromatic N) is 2. The third-order valence-corrected chi connectivity index (χ3v) is 2.95. The second-order valence-electron chi connectivity index (χ2n) is 4.65. The SMILES string of the molecule is N#Cc1nc(/C=C/c2ccc(F)cc2)oc1NC1CC1. The normalized spacial score (nSPS) is 14.4. The molecule has 1 heterocycles. The fourth-order valence-electron chi connectivity index (χ4n) is 1.74. The fourth-order valence-corrected chi connectivity index (χ4v) is 1.74. The van der Waals surface area contributed by atoms with Crippen LogP contribution in [-0.2, 0) is 0 Å². The molecular formula is C15H12FN3O. The summed E-state index contributed by atoms with van der Waals surface area (Å²) in [7, 11) is 0. The molecule has 4 nitrogen and oxygen atoms in total. The maximum Gasteiger partial charge on any atom is 0.232 e. The third-order valence-electron chi connectivity index (χ3n) is 2.95. The Morgan fingerprint density at radius 3 is 2.70 bits per heavy atom. The van der Waals surface area contributed by atoms with Crippen molar-refractivity contribution in [3.63, 3.8) is 0 Å². The number of halogens is 1. The average Bonchev–Trinajstić information content (AvgIpc) is 3.18. The highest BCUT2D eigenvalue weighted by molar-refractivity contribution is 5.67. The largest absolute Gasteiger partial charge is 0.420 e. The van der Waals surface area contributed by atoms with Crippen LogP contribution in [0.4, 0.5) is 10.3 Å². The molecule has 0 unspecified atom stereocenters.